The molecule has 0 amide bonds. The molecule has 2 bridgehead atoms. The average molecular weight is 379 g/mol. The molecule has 1 heterocycles. The monoisotopic (exact) mass is 379 g/mol. The first-order valence-electron chi connectivity index (χ1n) is 9.13. The van der Waals surface area contributed by atoms with Crippen molar-refractivity contribution in [2.24, 2.45) is 16.7 Å². The number of nitrogens with one attached hydrogen (secondary N) is 1. The Bertz CT molecular complexity index is 834. The Morgan fingerprint density at radius 2 is 1.96 bits per heavy atom. The second kappa shape index (κ2) is 5.96. The molecule has 26 heavy (non-hydrogen) atoms. The van der Waals surface area contributed by atoms with Crippen molar-refractivity contribution in [3.8, 4) is 11.5 Å². The molecule has 7 heteroatoms. The maximum atomic E-state index is 12.7. The first kappa shape index (κ1) is 17.8. The van der Waals surface area contributed by atoms with Crippen LogP contribution in [0.25, 0.3) is 0 Å². The third-order valence-corrected chi connectivity index (χ3v) is 8.15. The van der Waals surface area contributed by atoms with Gasteiger partial charge in [-0.05, 0) is 36.3 Å². The number of fused-ring (bicyclic) bond motifs is 3. The lowest BCUT2D eigenvalue weighted by molar-refractivity contribution is -0.128. The van der Waals surface area contributed by atoms with E-state index in [1.54, 1.807) is 6.07 Å². The first-order chi connectivity index (χ1) is 12.2. The number of benzene rings is 1. The number of ether oxygens (including phenoxy) is 2. The zero-order valence-electron chi connectivity index (χ0n) is 15.2. The van der Waals surface area contributed by atoms with Crippen LogP contribution in [-0.2, 0) is 14.8 Å². The molecule has 1 aromatic rings. The topological polar surface area (TPSA) is 81.7 Å². The Morgan fingerprint density at radius 3 is 2.62 bits per heavy atom. The molecule has 1 aromatic carbocycles. The van der Waals surface area contributed by atoms with Crippen molar-refractivity contribution in [2.45, 2.75) is 39.2 Å². The minimum atomic E-state index is -3.60. The fraction of sp³-hybridized carbons (Fsp3) is 0.632. The smallest absolute Gasteiger partial charge is 0.212 e. The van der Waals surface area contributed by atoms with Crippen LogP contribution >= 0.6 is 0 Å². The van der Waals surface area contributed by atoms with E-state index < -0.39 is 15.4 Å². The van der Waals surface area contributed by atoms with Crippen molar-refractivity contribution in [3.63, 3.8) is 0 Å². The SMILES string of the molecule is CC1(C)C2CCC1(CS(=O)(=O)NCC1COc3ccccc3O1)C(=O)C2. The average Bonchev–Trinajstić information content (AvgIpc) is 2.94. The summed E-state index contributed by atoms with van der Waals surface area (Å²) in [5.74, 6) is 1.56. The third-order valence-electron chi connectivity index (χ3n) is 6.67. The van der Waals surface area contributed by atoms with Gasteiger partial charge in [0, 0.05) is 11.8 Å². The number of carbonyl (C=O) groups excluding carboxylic acids is 1. The summed E-state index contributed by atoms with van der Waals surface area (Å²) in [5.41, 5.74) is -1.01. The molecule has 3 atom stereocenters. The maximum Gasteiger partial charge on any atom is 0.212 e. The quantitative estimate of drug-likeness (QED) is 0.848. The van der Waals surface area contributed by atoms with E-state index in [-0.39, 0.29) is 36.2 Å². The lowest BCUT2D eigenvalue weighted by Crippen LogP contribution is -2.47. The molecule has 1 aliphatic heterocycles. The highest BCUT2D eigenvalue weighted by Crippen LogP contribution is 2.64. The van der Waals surface area contributed by atoms with Gasteiger partial charge in [0.1, 0.15) is 18.5 Å². The van der Waals surface area contributed by atoms with Gasteiger partial charge in [0.15, 0.2) is 11.5 Å². The van der Waals surface area contributed by atoms with E-state index in [4.69, 9.17) is 9.47 Å². The van der Waals surface area contributed by atoms with Crippen LogP contribution in [0.3, 0.4) is 0 Å². The summed E-state index contributed by atoms with van der Waals surface area (Å²) in [6.07, 6.45) is 1.73. The van der Waals surface area contributed by atoms with Gasteiger partial charge in [-0.15, -0.1) is 0 Å². The molecular weight excluding hydrogens is 354 g/mol. The number of carbonyl (C=O) groups is 1. The molecule has 2 fully saturated rings. The van der Waals surface area contributed by atoms with E-state index >= 15 is 0 Å². The first-order valence-corrected chi connectivity index (χ1v) is 10.8. The molecule has 0 aromatic heterocycles. The summed E-state index contributed by atoms with van der Waals surface area (Å²) >= 11 is 0. The van der Waals surface area contributed by atoms with E-state index in [1.807, 2.05) is 32.0 Å². The second-order valence-electron chi connectivity index (χ2n) is 8.27. The number of Topliss-reactive ketones (excluding diaryl/α,β-unsaturated/α-hetero) is 1. The maximum absolute atomic E-state index is 12.7. The van der Waals surface area contributed by atoms with Gasteiger partial charge >= 0.3 is 0 Å². The molecule has 1 N–H and O–H groups in total. The number of sulfonamides is 1. The van der Waals surface area contributed by atoms with E-state index in [0.29, 0.717) is 30.3 Å². The molecule has 0 radical (unpaired) electrons. The highest BCUT2D eigenvalue weighted by molar-refractivity contribution is 7.89. The minimum Gasteiger partial charge on any atom is -0.486 e. The summed E-state index contributed by atoms with van der Waals surface area (Å²) in [7, 11) is -3.60. The van der Waals surface area contributed by atoms with E-state index in [0.717, 1.165) is 6.42 Å². The lowest BCUT2D eigenvalue weighted by Gasteiger charge is -2.36. The molecule has 3 aliphatic rings. The second-order valence-corrected chi connectivity index (χ2v) is 10.1. The van der Waals surface area contributed by atoms with Gasteiger partial charge in [-0.2, -0.15) is 0 Å². The fourth-order valence-electron chi connectivity index (χ4n) is 4.87. The summed E-state index contributed by atoms with van der Waals surface area (Å²) in [6, 6.07) is 7.32. The van der Waals surface area contributed by atoms with Crippen molar-refractivity contribution in [3.05, 3.63) is 24.3 Å². The number of para-hydroxylation sites is 2. The van der Waals surface area contributed by atoms with Crippen LogP contribution < -0.4 is 14.2 Å². The van der Waals surface area contributed by atoms with E-state index in [2.05, 4.69) is 4.72 Å². The number of ketones is 1. The standard InChI is InChI=1S/C19H25NO5S/c1-18(2)13-7-8-19(18,17(21)9-13)12-26(22,23)20-10-14-11-24-15-5-3-4-6-16(15)25-14/h3-6,13-14,20H,7-12H2,1-2H3. The predicted octanol–water partition coefficient (Wildman–Crippen LogP) is 2.14. The normalized spacial score (nSPS) is 32.0. The Balaban J connectivity index is 1.42. The highest BCUT2D eigenvalue weighted by atomic mass is 32.2. The van der Waals surface area contributed by atoms with Crippen LogP contribution in [0.15, 0.2) is 24.3 Å². The Morgan fingerprint density at radius 1 is 1.23 bits per heavy atom. The van der Waals surface area contributed by atoms with Gasteiger partial charge in [-0.1, -0.05) is 26.0 Å². The largest absolute Gasteiger partial charge is 0.486 e. The highest BCUT2D eigenvalue weighted by Gasteiger charge is 2.65. The van der Waals surface area contributed by atoms with Crippen LogP contribution in [0.5, 0.6) is 11.5 Å². The Hall–Kier alpha value is -1.60. The molecule has 142 valence electrons. The van der Waals surface area contributed by atoms with Gasteiger partial charge in [0.05, 0.1) is 12.3 Å². The van der Waals surface area contributed by atoms with Crippen LogP contribution in [0.1, 0.15) is 33.1 Å². The summed E-state index contributed by atoms with van der Waals surface area (Å²) in [4.78, 5) is 12.6. The molecule has 4 rings (SSSR count). The van der Waals surface area contributed by atoms with E-state index in [9.17, 15) is 13.2 Å². The van der Waals surface area contributed by atoms with E-state index in [1.165, 1.54) is 0 Å². The predicted molar refractivity (Wildman–Crippen MR) is 96.7 cm³/mol. The lowest BCUT2D eigenvalue weighted by atomic mass is 9.70. The van der Waals surface area contributed by atoms with Gasteiger partial charge in [-0.3, -0.25) is 4.79 Å². The van der Waals surface area contributed by atoms with Crippen molar-refractivity contribution < 1.29 is 22.7 Å². The van der Waals surface area contributed by atoms with Crippen LogP contribution in [0.2, 0.25) is 0 Å². The van der Waals surface area contributed by atoms with Crippen molar-refractivity contribution in [1.82, 2.24) is 4.72 Å². The van der Waals surface area contributed by atoms with Crippen LogP contribution in [0, 0.1) is 16.7 Å². The third kappa shape index (κ3) is 2.72. The van der Waals surface area contributed by atoms with Gasteiger partial charge in [0.2, 0.25) is 10.0 Å². The summed E-state index contributed by atoms with van der Waals surface area (Å²) in [5, 5.41) is 0. The van der Waals surface area contributed by atoms with Crippen molar-refractivity contribution >= 4 is 15.8 Å². The molecule has 0 spiro atoms. The molecule has 2 aliphatic carbocycles. The zero-order chi connectivity index (χ0) is 18.6. The molecule has 3 unspecified atom stereocenters. The van der Waals surface area contributed by atoms with Crippen molar-refractivity contribution in [2.75, 3.05) is 18.9 Å². The molecular formula is C19H25NO5S. The zero-order valence-corrected chi connectivity index (χ0v) is 16.0. The Labute approximate surface area is 154 Å². The van der Waals surface area contributed by atoms with Gasteiger partial charge in [0.25, 0.3) is 0 Å². The Kier molecular flexibility index (Phi) is 4.08. The molecule has 6 nitrogen and oxygen atoms in total. The van der Waals surface area contributed by atoms with Gasteiger partial charge < -0.3 is 9.47 Å². The minimum absolute atomic E-state index is 0.107. The fourth-order valence-corrected chi connectivity index (χ4v) is 6.74. The van der Waals surface area contributed by atoms with Crippen LogP contribution in [0.4, 0.5) is 0 Å². The number of hydrogen-bond acceptors (Lipinski definition) is 5. The van der Waals surface area contributed by atoms with Crippen LogP contribution in [-0.4, -0.2) is 39.2 Å². The van der Waals surface area contributed by atoms with Crippen molar-refractivity contribution in [1.29, 1.82) is 0 Å². The molecule has 2 saturated carbocycles. The number of rotatable bonds is 5. The summed E-state index contributed by atoms with van der Waals surface area (Å²) < 4.78 is 39.5. The molecule has 0 saturated heterocycles. The van der Waals surface area contributed by atoms with Gasteiger partial charge in [-0.25, -0.2) is 13.1 Å². The number of hydrogen-bond donors (Lipinski definition) is 1. The summed E-state index contributed by atoms with van der Waals surface area (Å²) in [6.45, 7) is 4.50.